The van der Waals surface area contributed by atoms with Crippen LogP contribution in [0, 0.1) is 5.92 Å². The number of ether oxygens (including phenoxy) is 1. The minimum absolute atomic E-state index is 0.0304. The summed E-state index contributed by atoms with van der Waals surface area (Å²) in [5, 5.41) is 2.62. The highest BCUT2D eigenvalue weighted by molar-refractivity contribution is 5.78. The van der Waals surface area contributed by atoms with Crippen molar-refractivity contribution in [3.05, 3.63) is 0 Å². The third-order valence-corrected chi connectivity index (χ3v) is 3.86. The van der Waals surface area contributed by atoms with Gasteiger partial charge in [-0.25, -0.2) is 0 Å². The molecule has 2 fully saturated rings. The third-order valence-electron chi connectivity index (χ3n) is 3.86. The third kappa shape index (κ3) is 4.18. The monoisotopic (exact) mass is 269 g/mol. The molecule has 0 aromatic heterocycles. The van der Waals surface area contributed by atoms with E-state index in [0.29, 0.717) is 18.9 Å². The minimum Gasteiger partial charge on any atom is -0.381 e. The van der Waals surface area contributed by atoms with E-state index in [-0.39, 0.29) is 11.8 Å². The van der Waals surface area contributed by atoms with Crippen molar-refractivity contribution in [2.45, 2.75) is 12.8 Å². The summed E-state index contributed by atoms with van der Waals surface area (Å²) >= 11 is 0. The summed E-state index contributed by atoms with van der Waals surface area (Å²) < 4.78 is 5.30. The first-order valence-electron chi connectivity index (χ1n) is 6.97. The summed E-state index contributed by atoms with van der Waals surface area (Å²) in [6.07, 6.45) is 1.61. The molecule has 0 saturated carbocycles. The molecule has 2 saturated heterocycles. The number of carbonyl (C=O) groups excluding carboxylic acids is 2. The standard InChI is InChI=1S/C13H23N3O3/c1-14-12(17)9-15-3-5-16(6-4-15)13(18)8-11-2-7-19-10-11/h11H,2-10H2,1H3,(H,14,17)/t11-/m0/s1. The second-order valence-electron chi connectivity index (χ2n) is 5.26. The van der Waals surface area contributed by atoms with E-state index >= 15 is 0 Å². The van der Waals surface area contributed by atoms with Gasteiger partial charge in [0.2, 0.25) is 11.8 Å². The van der Waals surface area contributed by atoms with Gasteiger partial charge in [0.25, 0.3) is 0 Å². The van der Waals surface area contributed by atoms with Crippen LogP contribution >= 0.6 is 0 Å². The highest BCUT2D eigenvalue weighted by Gasteiger charge is 2.25. The Bertz CT molecular complexity index is 321. The molecule has 19 heavy (non-hydrogen) atoms. The van der Waals surface area contributed by atoms with Crippen LogP contribution in [0.25, 0.3) is 0 Å². The second-order valence-corrected chi connectivity index (χ2v) is 5.26. The van der Waals surface area contributed by atoms with Gasteiger partial charge >= 0.3 is 0 Å². The molecule has 108 valence electrons. The Balaban J connectivity index is 1.70. The molecule has 0 bridgehead atoms. The van der Waals surface area contributed by atoms with E-state index in [9.17, 15) is 9.59 Å². The van der Waals surface area contributed by atoms with Gasteiger partial charge < -0.3 is 15.0 Å². The molecule has 0 unspecified atom stereocenters. The van der Waals surface area contributed by atoms with Crippen LogP contribution in [0.4, 0.5) is 0 Å². The lowest BCUT2D eigenvalue weighted by molar-refractivity contribution is -0.134. The van der Waals surface area contributed by atoms with Crippen molar-refractivity contribution in [1.29, 1.82) is 0 Å². The smallest absolute Gasteiger partial charge is 0.233 e. The van der Waals surface area contributed by atoms with Crippen LogP contribution in [0.3, 0.4) is 0 Å². The van der Waals surface area contributed by atoms with Gasteiger partial charge in [-0.2, -0.15) is 0 Å². The molecule has 0 aromatic rings. The van der Waals surface area contributed by atoms with Crippen LogP contribution < -0.4 is 5.32 Å². The van der Waals surface area contributed by atoms with Gasteiger partial charge in [-0.1, -0.05) is 0 Å². The van der Waals surface area contributed by atoms with E-state index in [4.69, 9.17) is 4.74 Å². The molecule has 1 atom stereocenters. The zero-order valence-electron chi connectivity index (χ0n) is 11.6. The molecule has 6 heteroatoms. The van der Waals surface area contributed by atoms with Crippen LogP contribution in [0.1, 0.15) is 12.8 Å². The van der Waals surface area contributed by atoms with Crippen molar-refractivity contribution >= 4 is 11.8 Å². The number of likely N-dealkylation sites (N-methyl/N-ethyl adjacent to an activating group) is 1. The number of hydrogen-bond donors (Lipinski definition) is 1. The number of rotatable bonds is 4. The highest BCUT2D eigenvalue weighted by Crippen LogP contribution is 2.18. The summed E-state index contributed by atoms with van der Waals surface area (Å²) in [7, 11) is 1.64. The predicted octanol–water partition coefficient (Wildman–Crippen LogP) is -0.697. The van der Waals surface area contributed by atoms with Crippen molar-refractivity contribution in [1.82, 2.24) is 15.1 Å². The quantitative estimate of drug-likeness (QED) is 0.733. The lowest BCUT2D eigenvalue weighted by Crippen LogP contribution is -2.51. The summed E-state index contributed by atoms with van der Waals surface area (Å²) in [6, 6.07) is 0. The average Bonchev–Trinajstić information content (AvgIpc) is 2.92. The van der Waals surface area contributed by atoms with E-state index in [2.05, 4.69) is 10.2 Å². The summed E-state index contributed by atoms with van der Waals surface area (Å²) in [5.41, 5.74) is 0. The van der Waals surface area contributed by atoms with Gasteiger partial charge in [0.15, 0.2) is 0 Å². The normalized spacial score (nSPS) is 24.5. The van der Waals surface area contributed by atoms with E-state index in [1.807, 2.05) is 4.90 Å². The minimum atomic E-state index is 0.0304. The van der Waals surface area contributed by atoms with E-state index in [0.717, 1.165) is 45.8 Å². The molecule has 2 aliphatic heterocycles. The first-order valence-corrected chi connectivity index (χ1v) is 6.97. The van der Waals surface area contributed by atoms with Crippen LogP contribution in [0.15, 0.2) is 0 Å². The lowest BCUT2D eigenvalue weighted by atomic mass is 10.0. The second kappa shape index (κ2) is 6.86. The molecule has 0 radical (unpaired) electrons. The van der Waals surface area contributed by atoms with Crippen molar-refractivity contribution in [2.24, 2.45) is 5.92 Å². The molecule has 2 heterocycles. The molecule has 0 spiro atoms. The number of hydrogen-bond acceptors (Lipinski definition) is 4. The molecule has 0 aliphatic carbocycles. The topological polar surface area (TPSA) is 61.9 Å². The molecular formula is C13H23N3O3. The predicted molar refractivity (Wildman–Crippen MR) is 70.6 cm³/mol. The summed E-state index contributed by atoms with van der Waals surface area (Å²) in [5.74, 6) is 0.661. The number of nitrogens with zero attached hydrogens (tertiary/aromatic N) is 2. The lowest BCUT2D eigenvalue weighted by Gasteiger charge is -2.34. The van der Waals surface area contributed by atoms with E-state index in [1.165, 1.54) is 0 Å². The fourth-order valence-electron chi connectivity index (χ4n) is 2.56. The van der Waals surface area contributed by atoms with Gasteiger partial charge in [-0.05, 0) is 12.3 Å². The summed E-state index contributed by atoms with van der Waals surface area (Å²) in [4.78, 5) is 27.4. The van der Waals surface area contributed by atoms with Gasteiger partial charge in [-0.15, -0.1) is 0 Å². The number of amides is 2. The van der Waals surface area contributed by atoms with Crippen molar-refractivity contribution < 1.29 is 14.3 Å². The van der Waals surface area contributed by atoms with Crippen molar-refractivity contribution in [2.75, 3.05) is 53.0 Å². The number of carbonyl (C=O) groups is 2. The fraction of sp³-hybridized carbons (Fsp3) is 0.846. The molecule has 6 nitrogen and oxygen atoms in total. The van der Waals surface area contributed by atoms with E-state index in [1.54, 1.807) is 7.05 Å². The Morgan fingerprint density at radius 1 is 1.26 bits per heavy atom. The molecule has 1 N–H and O–H groups in total. The maximum atomic E-state index is 12.1. The number of nitrogens with one attached hydrogen (secondary N) is 1. The Labute approximate surface area is 114 Å². The van der Waals surface area contributed by atoms with Gasteiger partial charge in [0.05, 0.1) is 6.54 Å². The Kier molecular flexibility index (Phi) is 5.15. The Hall–Kier alpha value is -1.14. The van der Waals surface area contributed by atoms with Crippen molar-refractivity contribution in [3.8, 4) is 0 Å². The van der Waals surface area contributed by atoms with Crippen LogP contribution in [-0.2, 0) is 14.3 Å². The molecule has 2 amide bonds. The van der Waals surface area contributed by atoms with Gasteiger partial charge in [0, 0.05) is 52.9 Å². The molecule has 2 aliphatic rings. The van der Waals surface area contributed by atoms with Gasteiger partial charge in [-0.3, -0.25) is 14.5 Å². The zero-order chi connectivity index (χ0) is 13.7. The number of piperazine rings is 1. The maximum Gasteiger partial charge on any atom is 0.233 e. The SMILES string of the molecule is CNC(=O)CN1CCN(C(=O)C[C@@H]2CCOC2)CC1. The summed E-state index contributed by atoms with van der Waals surface area (Å²) in [6.45, 7) is 4.95. The first-order chi connectivity index (χ1) is 9.19. The molecule has 0 aromatic carbocycles. The van der Waals surface area contributed by atoms with Crippen molar-refractivity contribution in [3.63, 3.8) is 0 Å². The Morgan fingerprint density at radius 2 is 2.00 bits per heavy atom. The van der Waals surface area contributed by atoms with Crippen LogP contribution in [-0.4, -0.2) is 74.6 Å². The molecular weight excluding hydrogens is 246 g/mol. The zero-order valence-corrected chi connectivity index (χ0v) is 11.6. The van der Waals surface area contributed by atoms with Gasteiger partial charge in [0.1, 0.15) is 0 Å². The van der Waals surface area contributed by atoms with Crippen LogP contribution in [0.5, 0.6) is 0 Å². The van der Waals surface area contributed by atoms with E-state index < -0.39 is 0 Å². The highest BCUT2D eigenvalue weighted by atomic mass is 16.5. The average molecular weight is 269 g/mol. The van der Waals surface area contributed by atoms with Crippen LogP contribution in [0.2, 0.25) is 0 Å². The largest absolute Gasteiger partial charge is 0.381 e. The molecule has 2 rings (SSSR count). The maximum absolute atomic E-state index is 12.1. The Morgan fingerprint density at radius 3 is 2.58 bits per heavy atom. The fourth-order valence-corrected chi connectivity index (χ4v) is 2.56. The first kappa shape index (κ1) is 14.3.